The van der Waals surface area contributed by atoms with Crippen LogP contribution in [0.25, 0.3) is 0 Å². The molecule has 2 aromatic rings. The predicted octanol–water partition coefficient (Wildman–Crippen LogP) is 4.10. The molecule has 2 N–H and O–H groups in total. The molecule has 2 rings (SSSR count). The van der Waals surface area contributed by atoms with Crippen LogP contribution in [0.3, 0.4) is 0 Å². The highest BCUT2D eigenvalue weighted by atomic mass is 19.4. The van der Waals surface area contributed by atoms with Crippen molar-refractivity contribution in [3.05, 3.63) is 75.3 Å². The van der Waals surface area contributed by atoms with Gasteiger partial charge in [0, 0.05) is 17.7 Å². The molecule has 0 aliphatic rings. The van der Waals surface area contributed by atoms with Gasteiger partial charge in [-0.15, -0.1) is 0 Å². The molecule has 144 valence electrons. The molecule has 1 amide bonds. The van der Waals surface area contributed by atoms with E-state index >= 15 is 0 Å². The van der Waals surface area contributed by atoms with Crippen LogP contribution in [0.15, 0.2) is 48.5 Å². The molecule has 0 aliphatic carbocycles. The number of nitrogens with zero attached hydrogens (tertiary/aromatic N) is 1. The van der Waals surface area contributed by atoms with Gasteiger partial charge in [0.25, 0.3) is 5.69 Å². The minimum Gasteiger partial charge on any atom is -0.366 e. The lowest BCUT2D eigenvalue weighted by Gasteiger charge is -2.38. The molecule has 0 aliphatic heterocycles. The fourth-order valence-electron chi connectivity index (χ4n) is 2.72. The van der Waals surface area contributed by atoms with Gasteiger partial charge < -0.3 is 5.73 Å². The van der Waals surface area contributed by atoms with Crippen LogP contribution >= 0.6 is 0 Å². The molecule has 0 saturated carbocycles. The Bertz CT molecular complexity index is 861. The molecule has 27 heavy (non-hydrogen) atoms. The van der Waals surface area contributed by atoms with Crippen LogP contribution in [-0.4, -0.2) is 23.2 Å². The number of hydrogen-bond acceptors (Lipinski definition) is 3. The van der Waals surface area contributed by atoms with Gasteiger partial charge in [0.15, 0.2) is 0 Å². The van der Waals surface area contributed by atoms with Crippen LogP contribution in [-0.2, 0) is 5.41 Å². The summed E-state index contributed by atoms with van der Waals surface area (Å²) in [6, 6.07) is 4.63. The van der Waals surface area contributed by atoms with Crippen LogP contribution in [0.1, 0.15) is 21.5 Å². The van der Waals surface area contributed by atoms with E-state index in [4.69, 9.17) is 5.73 Å². The molecular weight excluding hydrogens is 382 g/mol. The van der Waals surface area contributed by atoms with Crippen molar-refractivity contribution < 1.29 is 36.1 Å². The molecular formula is C16H10F6N2O3. The number of non-ortho nitro benzene ring substituents is 1. The van der Waals surface area contributed by atoms with Gasteiger partial charge in [0.1, 0.15) is 0 Å². The van der Waals surface area contributed by atoms with Crippen LogP contribution in [0, 0.1) is 10.1 Å². The Morgan fingerprint density at radius 2 is 1.41 bits per heavy atom. The highest BCUT2D eigenvalue weighted by Crippen LogP contribution is 2.56. The van der Waals surface area contributed by atoms with Gasteiger partial charge in [0.2, 0.25) is 11.3 Å². The largest absolute Gasteiger partial charge is 0.411 e. The predicted molar refractivity (Wildman–Crippen MR) is 80.9 cm³/mol. The first-order valence-corrected chi connectivity index (χ1v) is 7.11. The van der Waals surface area contributed by atoms with Crippen molar-refractivity contribution in [2.24, 2.45) is 5.73 Å². The van der Waals surface area contributed by atoms with Crippen LogP contribution in [0.2, 0.25) is 0 Å². The molecule has 0 aromatic heterocycles. The summed E-state index contributed by atoms with van der Waals surface area (Å²) in [6.45, 7) is 0. The molecule has 11 heteroatoms. The van der Waals surface area contributed by atoms with Gasteiger partial charge in [-0.2, -0.15) is 26.3 Å². The van der Waals surface area contributed by atoms with Crippen molar-refractivity contribution >= 4 is 11.6 Å². The zero-order valence-corrected chi connectivity index (χ0v) is 13.1. The molecule has 0 heterocycles. The van der Waals surface area contributed by atoms with E-state index in [-0.39, 0.29) is 11.6 Å². The van der Waals surface area contributed by atoms with E-state index in [0.717, 1.165) is 24.3 Å². The average molecular weight is 392 g/mol. The number of nitrogens with two attached hydrogens (primary N) is 1. The lowest BCUT2D eigenvalue weighted by molar-refractivity contribution is -0.385. The summed E-state index contributed by atoms with van der Waals surface area (Å²) in [5, 5.41) is 10.8. The van der Waals surface area contributed by atoms with E-state index in [1.165, 1.54) is 0 Å². The number of primary amides is 1. The number of rotatable bonds is 4. The van der Waals surface area contributed by atoms with Gasteiger partial charge in [-0.05, 0) is 23.3 Å². The Morgan fingerprint density at radius 3 is 1.81 bits per heavy atom. The number of nitro groups is 1. The average Bonchev–Trinajstić information content (AvgIpc) is 2.53. The second-order valence-corrected chi connectivity index (χ2v) is 5.49. The van der Waals surface area contributed by atoms with Crippen molar-refractivity contribution in [1.82, 2.24) is 0 Å². The number of carbonyl (C=O) groups excluding carboxylic acids is 1. The fraction of sp³-hybridized carbons (Fsp3) is 0.188. The first kappa shape index (κ1) is 20.2. The van der Waals surface area contributed by atoms with E-state index in [1.807, 2.05) is 0 Å². The van der Waals surface area contributed by atoms with Gasteiger partial charge in [-0.3, -0.25) is 14.9 Å². The lowest BCUT2D eigenvalue weighted by Crippen LogP contribution is -2.54. The topological polar surface area (TPSA) is 86.2 Å². The maximum Gasteiger partial charge on any atom is 0.411 e. The highest BCUT2D eigenvalue weighted by Gasteiger charge is 2.72. The maximum atomic E-state index is 13.9. The van der Waals surface area contributed by atoms with Crippen LogP contribution in [0.4, 0.5) is 32.0 Å². The molecule has 0 atom stereocenters. The number of amides is 1. The fourth-order valence-corrected chi connectivity index (χ4v) is 2.72. The van der Waals surface area contributed by atoms with Crippen molar-refractivity contribution in [3.8, 4) is 0 Å². The Labute approximate surface area is 147 Å². The molecule has 0 unspecified atom stereocenters. The summed E-state index contributed by atoms with van der Waals surface area (Å²) in [4.78, 5) is 20.8. The van der Waals surface area contributed by atoms with Gasteiger partial charge in [0.05, 0.1) is 4.92 Å². The van der Waals surface area contributed by atoms with E-state index < -0.39 is 45.4 Å². The summed E-state index contributed by atoms with van der Waals surface area (Å²) in [5.74, 6) is -1.04. The quantitative estimate of drug-likeness (QED) is 0.483. The summed E-state index contributed by atoms with van der Waals surface area (Å²) in [7, 11) is 0. The minimum absolute atomic E-state index is 0.225. The molecule has 0 bridgehead atoms. The van der Waals surface area contributed by atoms with Crippen molar-refractivity contribution in [1.29, 1.82) is 0 Å². The molecule has 0 saturated heterocycles. The van der Waals surface area contributed by atoms with Gasteiger partial charge in [-0.1, -0.05) is 24.3 Å². The Balaban J connectivity index is 2.89. The third-order valence-corrected chi connectivity index (χ3v) is 3.94. The van der Waals surface area contributed by atoms with E-state index in [9.17, 15) is 41.3 Å². The minimum atomic E-state index is -5.89. The van der Waals surface area contributed by atoms with Gasteiger partial charge >= 0.3 is 12.4 Å². The number of carbonyl (C=O) groups is 1. The third-order valence-electron chi connectivity index (χ3n) is 3.94. The normalized spacial score (nSPS) is 12.7. The first-order chi connectivity index (χ1) is 12.3. The maximum absolute atomic E-state index is 13.9. The monoisotopic (exact) mass is 392 g/mol. The Hall–Kier alpha value is -3.11. The number of nitro benzene ring substituents is 1. The lowest BCUT2D eigenvalue weighted by atomic mass is 9.72. The van der Waals surface area contributed by atoms with E-state index in [1.54, 1.807) is 0 Å². The smallest absolute Gasteiger partial charge is 0.366 e. The molecule has 0 spiro atoms. The summed E-state index contributed by atoms with van der Waals surface area (Å²) in [5.41, 5.74) is -3.44. The highest BCUT2D eigenvalue weighted by molar-refractivity contribution is 5.92. The van der Waals surface area contributed by atoms with E-state index in [0.29, 0.717) is 18.2 Å². The van der Waals surface area contributed by atoms with Crippen LogP contribution < -0.4 is 5.73 Å². The second kappa shape index (κ2) is 6.56. The standard InChI is InChI=1S/C16H10F6N2O3/c17-15(18,19)14(16(20,21)22,10-6-4-9(5-7-10)13(23)25)11-2-1-3-12(8-11)24(26)27/h1-8H,(H2,23,25). The summed E-state index contributed by atoms with van der Waals surface area (Å²) >= 11 is 0. The second-order valence-electron chi connectivity index (χ2n) is 5.49. The Morgan fingerprint density at radius 1 is 0.889 bits per heavy atom. The number of hydrogen-bond donors (Lipinski definition) is 1. The zero-order valence-electron chi connectivity index (χ0n) is 13.1. The third kappa shape index (κ3) is 3.32. The molecule has 0 radical (unpaired) electrons. The van der Waals surface area contributed by atoms with Crippen molar-refractivity contribution in [2.75, 3.05) is 0 Å². The SMILES string of the molecule is NC(=O)c1ccc(C(c2cccc([N+](=O)[O-])c2)(C(F)(F)F)C(F)(F)F)cc1. The molecule has 2 aromatic carbocycles. The molecule has 5 nitrogen and oxygen atoms in total. The Kier molecular flexibility index (Phi) is 4.91. The first-order valence-electron chi connectivity index (χ1n) is 7.11. The van der Waals surface area contributed by atoms with E-state index in [2.05, 4.69) is 0 Å². The number of halogens is 6. The number of benzene rings is 2. The number of alkyl halides is 6. The van der Waals surface area contributed by atoms with Crippen molar-refractivity contribution in [3.63, 3.8) is 0 Å². The van der Waals surface area contributed by atoms with Crippen molar-refractivity contribution in [2.45, 2.75) is 17.8 Å². The summed E-state index contributed by atoms with van der Waals surface area (Å²) in [6.07, 6.45) is -11.8. The zero-order chi connectivity index (χ0) is 20.6. The summed E-state index contributed by atoms with van der Waals surface area (Å²) < 4.78 is 83.1. The van der Waals surface area contributed by atoms with Gasteiger partial charge in [-0.25, -0.2) is 0 Å². The molecule has 0 fully saturated rings. The van der Waals surface area contributed by atoms with Crippen LogP contribution in [0.5, 0.6) is 0 Å².